The van der Waals surface area contributed by atoms with Crippen molar-refractivity contribution >= 4 is 32.7 Å². The van der Waals surface area contributed by atoms with E-state index in [4.69, 9.17) is 0 Å². The number of carbonyl (C=O) groups excluding carboxylic acids is 1. The minimum Gasteiger partial charge on any atom is -0.348 e. The number of hydrogen-bond acceptors (Lipinski definition) is 3. The van der Waals surface area contributed by atoms with Crippen LogP contribution >= 0.6 is 15.9 Å². The van der Waals surface area contributed by atoms with E-state index in [1.807, 2.05) is 25.1 Å². The highest BCUT2D eigenvalue weighted by atomic mass is 79.9. The average Bonchev–Trinajstić information content (AvgIpc) is 2.64. The minimum atomic E-state index is -0.230. The van der Waals surface area contributed by atoms with Gasteiger partial charge in [-0.15, -0.1) is 0 Å². The molecule has 6 heteroatoms. The maximum absolute atomic E-state index is 12.6. The highest BCUT2D eigenvalue weighted by Crippen LogP contribution is 2.15. The Kier molecular flexibility index (Phi) is 5.52. The van der Waals surface area contributed by atoms with Gasteiger partial charge in [0.25, 0.3) is 5.56 Å². The third-order valence-electron chi connectivity index (χ3n) is 4.37. The van der Waals surface area contributed by atoms with Crippen LogP contribution in [0.3, 0.4) is 0 Å². The maximum Gasteiger partial charge on any atom is 0.261 e. The van der Waals surface area contributed by atoms with Crippen LogP contribution in [-0.2, 0) is 17.8 Å². The Hall–Kier alpha value is -2.47. The molecule has 5 nitrogen and oxygen atoms in total. The van der Waals surface area contributed by atoms with Crippen molar-refractivity contribution in [3.05, 3.63) is 74.7 Å². The number of nitrogens with zero attached hydrogens (tertiary/aromatic N) is 2. The third kappa shape index (κ3) is 4.02. The molecular weight excluding hydrogens is 394 g/mol. The summed E-state index contributed by atoms with van der Waals surface area (Å²) in [6.45, 7) is 3.97. The van der Waals surface area contributed by atoms with E-state index < -0.39 is 0 Å². The first-order valence-electron chi connectivity index (χ1n) is 8.51. The van der Waals surface area contributed by atoms with Crippen molar-refractivity contribution in [1.29, 1.82) is 0 Å². The Balaban J connectivity index is 1.74. The lowest BCUT2D eigenvalue weighted by atomic mass is 10.1. The van der Waals surface area contributed by atoms with Crippen molar-refractivity contribution in [3.8, 4) is 0 Å². The van der Waals surface area contributed by atoms with Crippen LogP contribution in [-0.4, -0.2) is 15.5 Å². The molecule has 3 aromatic rings. The molecule has 0 saturated heterocycles. The van der Waals surface area contributed by atoms with E-state index in [2.05, 4.69) is 45.3 Å². The predicted molar refractivity (Wildman–Crippen MR) is 106 cm³/mol. The number of benzene rings is 2. The quantitative estimate of drug-likeness (QED) is 0.694. The Labute approximate surface area is 160 Å². The van der Waals surface area contributed by atoms with Crippen LogP contribution in [0.5, 0.6) is 0 Å². The van der Waals surface area contributed by atoms with Gasteiger partial charge < -0.3 is 5.32 Å². The van der Waals surface area contributed by atoms with Gasteiger partial charge in [-0.25, -0.2) is 4.98 Å². The molecule has 26 heavy (non-hydrogen) atoms. The summed E-state index contributed by atoms with van der Waals surface area (Å²) in [4.78, 5) is 29.2. The van der Waals surface area contributed by atoms with Gasteiger partial charge in [0.2, 0.25) is 5.91 Å². The van der Waals surface area contributed by atoms with E-state index in [1.165, 1.54) is 16.5 Å². The molecule has 0 aliphatic rings. The molecule has 0 radical (unpaired) electrons. The SMILES string of the molecule is CCc1ccc([C@H](C)NC(=O)Cn2cnc3ccc(Br)cc3c2=O)cc1. The zero-order chi connectivity index (χ0) is 18.7. The molecule has 3 rings (SSSR count). The third-order valence-corrected chi connectivity index (χ3v) is 4.86. The smallest absolute Gasteiger partial charge is 0.261 e. The first kappa shape index (κ1) is 18.3. The number of nitrogens with one attached hydrogen (secondary N) is 1. The van der Waals surface area contributed by atoms with Gasteiger partial charge in [0, 0.05) is 4.47 Å². The first-order valence-corrected chi connectivity index (χ1v) is 9.30. The number of halogens is 1. The zero-order valence-electron chi connectivity index (χ0n) is 14.7. The Morgan fingerprint density at radius 1 is 1.23 bits per heavy atom. The second-order valence-corrected chi connectivity index (χ2v) is 7.14. The zero-order valence-corrected chi connectivity index (χ0v) is 16.3. The van der Waals surface area contributed by atoms with Gasteiger partial charge in [-0.05, 0) is 42.7 Å². The number of fused-ring (bicyclic) bond motifs is 1. The topological polar surface area (TPSA) is 64.0 Å². The van der Waals surface area contributed by atoms with Crippen LogP contribution < -0.4 is 10.9 Å². The summed E-state index contributed by atoms with van der Waals surface area (Å²) in [7, 11) is 0. The van der Waals surface area contributed by atoms with Crippen molar-refractivity contribution < 1.29 is 4.79 Å². The maximum atomic E-state index is 12.6. The van der Waals surface area contributed by atoms with Crippen molar-refractivity contribution in [2.24, 2.45) is 0 Å². The van der Waals surface area contributed by atoms with Crippen molar-refractivity contribution in [2.75, 3.05) is 0 Å². The molecule has 0 saturated carbocycles. The summed E-state index contributed by atoms with van der Waals surface area (Å²) in [6, 6.07) is 13.4. The largest absolute Gasteiger partial charge is 0.348 e. The molecule has 1 N–H and O–H groups in total. The number of rotatable bonds is 5. The lowest BCUT2D eigenvalue weighted by molar-refractivity contribution is -0.122. The van der Waals surface area contributed by atoms with Gasteiger partial charge in [-0.2, -0.15) is 0 Å². The van der Waals surface area contributed by atoms with Crippen LogP contribution in [0.1, 0.15) is 31.0 Å². The Morgan fingerprint density at radius 3 is 2.65 bits per heavy atom. The molecule has 1 aromatic heterocycles. The molecule has 0 unspecified atom stereocenters. The molecule has 1 heterocycles. The first-order chi connectivity index (χ1) is 12.5. The number of aryl methyl sites for hydroxylation is 1. The van der Waals surface area contributed by atoms with Crippen molar-refractivity contribution in [1.82, 2.24) is 14.9 Å². The lowest BCUT2D eigenvalue weighted by Gasteiger charge is -2.15. The second kappa shape index (κ2) is 7.83. The van der Waals surface area contributed by atoms with Gasteiger partial charge in [-0.1, -0.05) is 47.1 Å². The lowest BCUT2D eigenvalue weighted by Crippen LogP contribution is -2.34. The fraction of sp³-hybridized carbons (Fsp3) is 0.250. The molecule has 0 aliphatic carbocycles. The predicted octanol–water partition coefficient (Wildman–Crippen LogP) is 3.60. The summed E-state index contributed by atoms with van der Waals surface area (Å²) in [5.74, 6) is -0.227. The van der Waals surface area contributed by atoms with Crippen LogP contribution in [0, 0.1) is 0 Å². The summed E-state index contributed by atoms with van der Waals surface area (Å²) >= 11 is 3.36. The summed E-state index contributed by atoms with van der Waals surface area (Å²) < 4.78 is 2.13. The number of carbonyl (C=O) groups is 1. The molecule has 0 spiro atoms. The standard InChI is InChI=1S/C20H20BrN3O2/c1-3-14-4-6-15(7-5-14)13(2)23-19(25)11-24-12-22-18-9-8-16(21)10-17(18)20(24)26/h4-10,12-13H,3,11H2,1-2H3,(H,23,25)/t13-/m0/s1. The molecular formula is C20H20BrN3O2. The van der Waals surface area contributed by atoms with Gasteiger partial charge in [0.05, 0.1) is 23.3 Å². The highest BCUT2D eigenvalue weighted by Gasteiger charge is 2.12. The molecule has 134 valence electrons. The summed E-state index contributed by atoms with van der Waals surface area (Å²) in [5, 5.41) is 3.42. The molecule has 1 atom stereocenters. The van der Waals surface area contributed by atoms with Gasteiger partial charge in [0.1, 0.15) is 6.54 Å². The van der Waals surface area contributed by atoms with E-state index in [1.54, 1.807) is 12.1 Å². The van der Waals surface area contributed by atoms with Gasteiger partial charge in [0.15, 0.2) is 0 Å². The molecule has 0 bridgehead atoms. The molecule has 0 aliphatic heterocycles. The van der Waals surface area contributed by atoms with Crippen LogP contribution in [0.2, 0.25) is 0 Å². The van der Waals surface area contributed by atoms with Crippen LogP contribution in [0.4, 0.5) is 0 Å². The average molecular weight is 414 g/mol. The fourth-order valence-corrected chi connectivity index (χ4v) is 3.17. The van der Waals surface area contributed by atoms with Gasteiger partial charge >= 0.3 is 0 Å². The summed E-state index contributed by atoms with van der Waals surface area (Å²) in [5.41, 5.74) is 2.67. The van der Waals surface area contributed by atoms with Gasteiger partial charge in [-0.3, -0.25) is 14.2 Å². The fourth-order valence-electron chi connectivity index (χ4n) is 2.81. The van der Waals surface area contributed by atoms with E-state index in [0.29, 0.717) is 10.9 Å². The van der Waals surface area contributed by atoms with Crippen LogP contribution in [0.15, 0.2) is 58.1 Å². The minimum absolute atomic E-state index is 0.0638. The van der Waals surface area contributed by atoms with E-state index in [0.717, 1.165) is 16.5 Å². The highest BCUT2D eigenvalue weighted by molar-refractivity contribution is 9.10. The van der Waals surface area contributed by atoms with Crippen molar-refractivity contribution in [3.63, 3.8) is 0 Å². The second-order valence-electron chi connectivity index (χ2n) is 6.22. The van der Waals surface area contributed by atoms with Crippen molar-refractivity contribution in [2.45, 2.75) is 32.9 Å². The molecule has 2 aromatic carbocycles. The van der Waals surface area contributed by atoms with E-state index >= 15 is 0 Å². The van der Waals surface area contributed by atoms with E-state index in [9.17, 15) is 9.59 Å². The molecule has 0 fully saturated rings. The number of amides is 1. The summed E-state index contributed by atoms with van der Waals surface area (Å²) in [6.07, 6.45) is 2.40. The Bertz CT molecular complexity index is 996. The monoisotopic (exact) mass is 413 g/mol. The van der Waals surface area contributed by atoms with E-state index in [-0.39, 0.29) is 24.1 Å². The van der Waals surface area contributed by atoms with Crippen LogP contribution in [0.25, 0.3) is 10.9 Å². The number of hydrogen-bond donors (Lipinski definition) is 1. The normalized spacial score (nSPS) is 12.1. The number of aromatic nitrogens is 2. The Morgan fingerprint density at radius 2 is 1.96 bits per heavy atom. The molecule has 1 amide bonds.